The molecule has 2 rings (SSSR count). The van der Waals surface area contributed by atoms with Crippen LogP contribution in [0.2, 0.25) is 0 Å². The van der Waals surface area contributed by atoms with Gasteiger partial charge in [0.15, 0.2) is 0 Å². The lowest BCUT2D eigenvalue weighted by Gasteiger charge is -1.98. The van der Waals surface area contributed by atoms with E-state index >= 15 is 0 Å². The Morgan fingerprint density at radius 3 is 1.87 bits per heavy atom. The van der Waals surface area contributed by atoms with Crippen molar-refractivity contribution in [1.82, 2.24) is 9.13 Å². The minimum Gasteiger partial charge on any atom is -0.320 e. The second-order valence-electron chi connectivity index (χ2n) is 3.41. The Morgan fingerprint density at radius 1 is 1.07 bits per heavy atom. The number of aromatic nitrogens is 2. The van der Waals surface area contributed by atoms with Crippen LogP contribution in [0.5, 0.6) is 0 Å². The van der Waals surface area contributed by atoms with Crippen LogP contribution < -0.4 is 11.5 Å². The second-order valence-corrected chi connectivity index (χ2v) is 3.41. The molecule has 2 N–H and O–H groups in total. The van der Waals surface area contributed by atoms with Gasteiger partial charge in [-0.2, -0.15) is 0 Å². The van der Waals surface area contributed by atoms with E-state index in [9.17, 15) is 0 Å². The van der Waals surface area contributed by atoms with Gasteiger partial charge in [-0.3, -0.25) is 0 Å². The highest BCUT2D eigenvalue weighted by atomic mass is 15.3. The Kier molecular flexibility index (Phi) is 2.49. The van der Waals surface area contributed by atoms with E-state index in [1.807, 2.05) is 12.1 Å². The van der Waals surface area contributed by atoms with Gasteiger partial charge in [0.05, 0.1) is 11.0 Å². The Bertz CT molecular complexity index is 489. The molecule has 0 amide bonds. The summed E-state index contributed by atoms with van der Waals surface area (Å²) in [5, 5.41) is 3.88. The first-order valence-electron chi connectivity index (χ1n) is 5.25. The minimum absolute atomic E-state index is 0.834. The summed E-state index contributed by atoms with van der Waals surface area (Å²) in [7, 11) is 0. The first-order valence-corrected chi connectivity index (χ1v) is 5.25. The number of para-hydroxylation sites is 2. The highest BCUT2D eigenvalue weighted by Gasteiger charge is 2.07. The maximum atomic E-state index is 5.45. The molecule has 2 aromatic rings. The van der Waals surface area contributed by atoms with Gasteiger partial charge >= 0.3 is 0 Å². The largest absolute Gasteiger partial charge is 0.320 e. The Balaban J connectivity index is 2.96. The summed E-state index contributed by atoms with van der Waals surface area (Å²) in [6, 6.07) is 8.27. The van der Waals surface area contributed by atoms with Crippen molar-refractivity contribution in [3.8, 4) is 0 Å². The average Bonchev–Trinajstić information content (AvgIpc) is 2.61. The van der Waals surface area contributed by atoms with Crippen LogP contribution in [0.3, 0.4) is 0 Å². The average molecular weight is 204 g/mol. The fraction of sp³-hybridized carbons (Fsp3) is 0.364. The van der Waals surface area contributed by atoms with Gasteiger partial charge in [-0.1, -0.05) is 12.1 Å². The lowest BCUT2D eigenvalue weighted by molar-refractivity contribution is 0.640. The van der Waals surface area contributed by atoms with Crippen LogP contribution in [-0.2, 0) is 13.1 Å². The zero-order chi connectivity index (χ0) is 10.8. The third-order valence-corrected chi connectivity index (χ3v) is 2.69. The molecule has 4 nitrogen and oxygen atoms in total. The van der Waals surface area contributed by atoms with Crippen LogP contribution in [0, 0.1) is 0 Å². The third kappa shape index (κ3) is 1.33. The first-order chi connectivity index (χ1) is 7.33. The number of hydrogen-bond acceptors (Lipinski definition) is 2. The summed E-state index contributed by atoms with van der Waals surface area (Å²) >= 11 is 0. The van der Waals surface area contributed by atoms with Crippen molar-refractivity contribution >= 4 is 11.0 Å². The Hall–Kier alpha value is -1.71. The van der Waals surface area contributed by atoms with Crippen LogP contribution in [0.15, 0.2) is 29.4 Å². The van der Waals surface area contributed by atoms with Crippen molar-refractivity contribution in [2.75, 3.05) is 0 Å². The minimum atomic E-state index is 0.834. The van der Waals surface area contributed by atoms with Gasteiger partial charge in [-0.15, -0.1) is 5.10 Å². The van der Waals surface area contributed by atoms with Gasteiger partial charge in [0, 0.05) is 13.1 Å². The fourth-order valence-corrected chi connectivity index (χ4v) is 2.04. The molecule has 1 aromatic carbocycles. The molecule has 15 heavy (non-hydrogen) atoms. The third-order valence-electron chi connectivity index (χ3n) is 2.69. The Labute approximate surface area is 88.6 Å². The van der Waals surface area contributed by atoms with Crippen LogP contribution in [0.25, 0.3) is 11.0 Å². The fourth-order valence-electron chi connectivity index (χ4n) is 2.04. The molecule has 80 valence electrons. The molecular formula is C11H16N4. The number of hydrogen-bond donors (Lipinski definition) is 1. The van der Waals surface area contributed by atoms with Gasteiger partial charge in [0.25, 0.3) is 0 Å². The molecule has 0 spiro atoms. The smallest absolute Gasteiger partial charge is 0.227 e. The number of nitrogens with two attached hydrogens (primary N) is 1. The standard InChI is InChI=1S/C11H16N4/c1-3-14-9-7-5-6-8-10(9)15(4-2)11(14)13-12/h5-8H,3-4,12H2,1-2H3. The molecule has 0 aliphatic heterocycles. The molecule has 0 fully saturated rings. The molecule has 1 heterocycles. The number of fused-ring (bicyclic) bond motifs is 1. The van der Waals surface area contributed by atoms with Gasteiger partial charge in [0.2, 0.25) is 5.62 Å². The summed E-state index contributed by atoms with van der Waals surface area (Å²) in [6.07, 6.45) is 0. The molecule has 0 aliphatic carbocycles. The molecule has 0 radical (unpaired) electrons. The molecule has 0 saturated heterocycles. The highest BCUT2D eigenvalue weighted by Crippen LogP contribution is 2.12. The lowest BCUT2D eigenvalue weighted by Crippen LogP contribution is -2.26. The monoisotopic (exact) mass is 204 g/mol. The van der Waals surface area contributed by atoms with Gasteiger partial charge < -0.3 is 15.0 Å². The molecule has 0 bridgehead atoms. The number of nitrogens with zero attached hydrogens (tertiary/aromatic N) is 3. The summed E-state index contributed by atoms with van der Waals surface area (Å²) in [4.78, 5) is 0. The van der Waals surface area contributed by atoms with Crippen molar-refractivity contribution in [2.24, 2.45) is 10.9 Å². The Morgan fingerprint density at radius 2 is 1.53 bits per heavy atom. The summed E-state index contributed by atoms with van der Waals surface area (Å²) in [5.41, 5.74) is 3.21. The topological polar surface area (TPSA) is 48.2 Å². The highest BCUT2D eigenvalue weighted by molar-refractivity contribution is 5.75. The maximum absolute atomic E-state index is 5.45. The maximum Gasteiger partial charge on any atom is 0.227 e. The van der Waals surface area contributed by atoms with Crippen molar-refractivity contribution in [1.29, 1.82) is 0 Å². The van der Waals surface area contributed by atoms with Crippen molar-refractivity contribution in [3.63, 3.8) is 0 Å². The quantitative estimate of drug-likeness (QED) is 0.581. The van der Waals surface area contributed by atoms with Gasteiger partial charge in [-0.25, -0.2) is 0 Å². The van der Waals surface area contributed by atoms with Crippen LogP contribution in [0.1, 0.15) is 13.8 Å². The molecule has 1 aromatic heterocycles. The molecule has 0 saturated carbocycles. The SMILES string of the molecule is CCn1c(=NN)n(CC)c2ccccc21. The zero-order valence-corrected chi connectivity index (χ0v) is 9.14. The van der Waals surface area contributed by atoms with E-state index in [4.69, 9.17) is 5.84 Å². The summed E-state index contributed by atoms with van der Waals surface area (Å²) in [5.74, 6) is 5.45. The normalized spacial score (nSPS) is 10.8. The van der Waals surface area contributed by atoms with E-state index in [-0.39, 0.29) is 0 Å². The number of rotatable bonds is 2. The summed E-state index contributed by atoms with van der Waals surface area (Å²) < 4.78 is 4.25. The van der Waals surface area contributed by atoms with Crippen LogP contribution in [-0.4, -0.2) is 9.13 Å². The molecule has 0 atom stereocenters. The van der Waals surface area contributed by atoms with Gasteiger partial charge in [0.1, 0.15) is 0 Å². The van der Waals surface area contributed by atoms with E-state index in [1.54, 1.807) is 0 Å². The predicted molar refractivity (Wildman–Crippen MR) is 61.0 cm³/mol. The van der Waals surface area contributed by atoms with Crippen LogP contribution >= 0.6 is 0 Å². The summed E-state index contributed by atoms with van der Waals surface area (Å²) in [6.45, 7) is 5.95. The van der Waals surface area contributed by atoms with E-state index in [1.165, 1.54) is 11.0 Å². The van der Waals surface area contributed by atoms with E-state index in [0.29, 0.717) is 0 Å². The number of imidazole rings is 1. The predicted octanol–water partition coefficient (Wildman–Crippen LogP) is 1.26. The molecule has 0 unspecified atom stereocenters. The molecular weight excluding hydrogens is 188 g/mol. The van der Waals surface area contributed by atoms with E-state index in [2.05, 4.69) is 40.2 Å². The number of aryl methyl sites for hydroxylation is 2. The number of benzene rings is 1. The lowest BCUT2D eigenvalue weighted by atomic mass is 10.3. The van der Waals surface area contributed by atoms with Crippen LogP contribution in [0.4, 0.5) is 0 Å². The van der Waals surface area contributed by atoms with E-state index < -0.39 is 0 Å². The second kappa shape index (κ2) is 3.81. The van der Waals surface area contributed by atoms with Crippen molar-refractivity contribution in [3.05, 3.63) is 29.9 Å². The first kappa shape index (κ1) is 9.83. The van der Waals surface area contributed by atoms with E-state index in [0.717, 1.165) is 18.7 Å². The zero-order valence-electron chi connectivity index (χ0n) is 9.14. The van der Waals surface area contributed by atoms with Crippen molar-refractivity contribution in [2.45, 2.75) is 26.9 Å². The van der Waals surface area contributed by atoms with Crippen molar-refractivity contribution < 1.29 is 0 Å². The van der Waals surface area contributed by atoms with Gasteiger partial charge in [-0.05, 0) is 26.0 Å². The molecule has 4 heteroatoms. The molecule has 0 aliphatic rings.